The van der Waals surface area contributed by atoms with Crippen LogP contribution in [0.5, 0.6) is 0 Å². The SMILES string of the molecule is COCCNS(=O)(=O)c1ccc(F)c(CNC(C)C)c1. The zero-order chi connectivity index (χ0) is 15.2. The summed E-state index contributed by atoms with van der Waals surface area (Å²) in [7, 11) is -2.15. The smallest absolute Gasteiger partial charge is 0.240 e. The first-order valence-corrected chi connectivity index (χ1v) is 7.85. The zero-order valence-corrected chi connectivity index (χ0v) is 12.8. The van der Waals surface area contributed by atoms with Gasteiger partial charge in [0.05, 0.1) is 11.5 Å². The number of nitrogens with one attached hydrogen (secondary N) is 2. The second-order valence-corrected chi connectivity index (χ2v) is 6.45. The summed E-state index contributed by atoms with van der Waals surface area (Å²) in [6.07, 6.45) is 0. The van der Waals surface area contributed by atoms with E-state index in [0.717, 1.165) is 0 Å². The van der Waals surface area contributed by atoms with Crippen molar-refractivity contribution < 1.29 is 17.5 Å². The van der Waals surface area contributed by atoms with Crippen LogP contribution >= 0.6 is 0 Å². The lowest BCUT2D eigenvalue weighted by atomic mass is 10.2. The molecule has 2 N–H and O–H groups in total. The van der Waals surface area contributed by atoms with Crippen molar-refractivity contribution >= 4 is 10.0 Å². The molecule has 20 heavy (non-hydrogen) atoms. The molecule has 0 radical (unpaired) electrons. The molecule has 1 rings (SSSR count). The summed E-state index contributed by atoms with van der Waals surface area (Å²) >= 11 is 0. The van der Waals surface area contributed by atoms with Gasteiger partial charge >= 0.3 is 0 Å². The average molecular weight is 304 g/mol. The van der Waals surface area contributed by atoms with Gasteiger partial charge in [-0.05, 0) is 18.2 Å². The molecule has 0 aromatic heterocycles. The molecule has 0 heterocycles. The van der Waals surface area contributed by atoms with E-state index in [0.29, 0.717) is 5.56 Å². The third kappa shape index (κ3) is 5.16. The molecule has 0 aliphatic heterocycles. The van der Waals surface area contributed by atoms with E-state index in [-0.39, 0.29) is 30.6 Å². The Morgan fingerprint density at radius 2 is 2.05 bits per heavy atom. The van der Waals surface area contributed by atoms with Crippen molar-refractivity contribution in [1.82, 2.24) is 10.0 Å². The van der Waals surface area contributed by atoms with E-state index in [1.54, 1.807) is 0 Å². The summed E-state index contributed by atoms with van der Waals surface area (Å²) in [4.78, 5) is 0.0514. The van der Waals surface area contributed by atoms with Crippen LogP contribution in [-0.2, 0) is 21.3 Å². The molecule has 0 aliphatic rings. The quantitative estimate of drug-likeness (QED) is 0.709. The second kappa shape index (κ2) is 7.68. The summed E-state index contributed by atoms with van der Waals surface area (Å²) in [5.41, 5.74) is 0.327. The van der Waals surface area contributed by atoms with E-state index in [9.17, 15) is 12.8 Å². The fraction of sp³-hybridized carbons (Fsp3) is 0.538. The molecule has 114 valence electrons. The van der Waals surface area contributed by atoms with E-state index in [1.807, 2.05) is 13.8 Å². The van der Waals surface area contributed by atoms with E-state index >= 15 is 0 Å². The molecule has 5 nitrogen and oxygen atoms in total. The van der Waals surface area contributed by atoms with Gasteiger partial charge in [0.15, 0.2) is 0 Å². The molecular formula is C13H21FN2O3S. The van der Waals surface area contributed by atoms with E-state index < -0.39 is 15.8 Å². The first kappa shape index (κ1) is 17.0. The highest BCUT2D eigenvalue weighted by Gasteiger charge is 2.15. The van der Waals surface area contributed by atoms with Crippen LogP contribution < -0.4 is 10.0 Å². The maximum atomic E-state index is 13.6. The molecule has 0 atom stereocenters. The van der Waals surface area contributed by atoms with Gasteiger partial charge in [-0.3, -0.25) is 0 Å². The van der Waals surface area contributed by atoms with Crippen molar-refractivity contribution in [3.8, 4) is 0 Å². The van der Waals surface area contributed by atoms with Crippen LogP contribution in [-0.4, -0.2) is 34.7 Å². The summed E-state index contributed by atoms with van der Waals surface area (Å²) in [6, 6.07) is 3.96. The molecular weight excluding hydrogens is 283 g/mol. The highest BCUT2D eigenvalue weighted by molar-refractivity contribution is 7.89. The fourth-order valence-corrected chi connectivity index (χ4v) is 2.59. The average Bonchev–Trinajstić information content (AvgIpc) is 2.37. The molecule has 0 amide bonds. The predicted molar refractivity (Wildman–Crippen MR) is 75.4 cm³/mol. The third-order valence-corrected chi connectivity index (χ3v) is 4.09. The van der Waals surface area contributed by atoms with Gasteiger partial charge in [-0.25, -0.2) is 17.5 Å². The number of benzene rings is 1. The Morgan fingerprint density at radius 3 is 2.65 bits per heavy atom. The minimum absolute atomic E-state index is 0.0514. The Morgan fingerprint density at radius 1 is 1.35 bits per heavy atom. The lowest BCUT2D eigenvalue weighted by molar-refractivity contribution is 0.204. The summed E-state index contributed by atoms with van der Waals surface area (Å²) in [5, 5.41) is 3.06. The van der Waals surface area contributed by atoms with Crippen molar-refractivity contribution in [3.05, 3.63) is 29.6 Å². The number of ether oxygens (including phenoxy) is 1. The number of hydrogen-bond acceptors (Lipinski definition) is 4. The minimum Gasteiger partial charge on any atom is -0.383 e. The molecule has 0 unspecified atom stereocenters. The highest BCUT2D eigenvalue weighted by atomic mass is 32.2. The summed E-state index contributed by atoms with van der Waals surface area (Å²) in [5.74, 6) is -0.422. The summed E-state index contributed by atoms with van der Waals surface area (Å²) < 4.78 is 44.8. The maximum Gasteiger partial charge on any atom is 0.240 e. The van der Waals surface area contributed by atoms with Gasteiger partial charge in [0.1, 0.15) is 5.82 Å². The molecule has 0 saturated carbocycles. The van der Waals surface area contributed by atoms with Gasteiger partial charge in [-0.2, -0.15) is 0 Å². The Labute approximate surface area is 119 Å². The Kier molecular flexibility index (Phi) is 6.54. The molecule has 0 spiro atoms. The van der Waals surface area contributed by atoms with Gasteiger partial charge in [0.2, 0.25) is 10.0 Å². The van der Waals surface area contributed by atoms with Gasteiger partial charge in [0, 0.05) is 31.8 Å². The van der Waals surface area contributed by atoms with Gasteiger partial charge in [-0.15, -0.1) is 0 Å². The number of rotatable bonds is 8. The second-order valence-electron chi connectivity index (χ2n) is 4.68. The Hall–Kier alpha value is -1.02. The molecule has 0 bridgehead atoms. The van der Waals surface area contributed by atoms with Crippen LogP contribution in [0, 0.1) is 5.82 Å². The molecule has 0 fully saturated rings. The Balaban J connectivity index is 2.87. The van der Waals surface area contributed by atoms with Crippen LogP contribution in [0.4, 0.5) is 4.39 Å². The van der Waals surface area contributed by atoms with Crippen molar-refractivity contribution in [1.29, 1.82) is 0 Å². The Bertz CT molecular complexity index is 532. The largest absolute Gasteiger partial charge is 0.383 e. The molecule has 1 aromatic rings. The number of methoxy groups -OCH3 is 1. The van der Waals surface area contributed by atoms with Gasteiger partial charge in [-0.1, -0.05) is 13.8 Å². The van der Waals surface area contributed by atoms with Gasteiger partial charge < -0.3 is 10.1 Å². The van der Waals surface area contributed by atoms with Crippen LogP contribution in [0.25, 0.3) is 0 Å². The lowest BCUT2D eigenvalue weighted by Gasteiger charge is -2.11. The van der Waals surface area contributed by atoms with E-state index in [2.05, 4.69) is 10.0 Å². The normalized spacial score (nSPS) is 12.1. The highest BCUT2D eigenvalue weighted by Crippen LogP contribution is 2.15. The summed E-state index contributed by atoms with van der Waals surface area (Å²) in [6.45, 7) is 4.61. The van der Waals surface area contributed by atoms with Crippen molar-refractivity contribution in [2.75, 3.05) is 20.3 Å². The standard InChI is InChI=1S/C13H21FN2O3S/c1-10(2)15-9-11-8-12(4-5-13(11)14)20(17,18)16-6-7-19-3/h4-5,8,10,15-16H,6-7,9H2,1-3H3. The molecule has 1 aromatic carbocycles. The number of hydrogen-bond donors (Lipinski definition) is 2. The van der Waals surface area contributed by atoms with Crippen LogP contribution in [0.1, 0.15) is 19.4 Å². The minimum atomic E-state index is -3.63. The lowest BCUT2D eigenvalue weighted by Crippen LogP contribution is -2.27. The first-order valence-electron chi connectivity index (χ1n) is 6.37. The molecule has 0 saturated heterocycles. The fourth-order valence-electron chi connectivity index (χ4n) is 1.53. The van der Waals surface area contributed by atoms with Crippen molar-refractivity contribution in [2.45, 2.75) is 31.3 Å². The molecule has 7 heteroatoms. The van der Waals surface area contributed by atoms with Crippen LogP contribution in [0.3, 0.4) is 0 Å². The third-order valence-electron chi connectivity index (χ3n) is 2.63. The van der Waals surface area contributed by atoms with E-state index in [4.69, 9.17) is 4.74 Å². The number of sulfonamides is 1. The van der Waals surface area contributed by atoms with Crippen molar-refractivity contribution in [3.63, 3.8) is 0 Å². The zero-order valence-electron chi connectivity index (χ0n) is 11.9. The van der Waals surface area contributed by atoms with Crippen molar-refractivity contribution in [2.24, 2.45) is 0 Å². The molecule has 0 aliphatic carbocycles. The maximum absolute atomic E-state index is 13.6. The van der Waals surface area contributed by atoms with Crippen LogP contribution in [0.2, 0.25) is 0 Å². The number of halogens is 1. The first-order chi connectivity index (χ1) is 9.36. The van der Waals surface area contributed by atoms with Crippen LogP contribution in [0.15, 0.2) is 23.1 Å². The van der Waals surface area contributed by atoms with Gasteiger partial charge in [0.25, 0.3) is 0 Å². The monoisotopic (exact) mass is 304 g/mol. The van der Waals surface area contributed by atoms with E-state index in [1.165, 1.54) is 25.3 Å². The topological polar surface area (TPSA) is 67.4 Å². The predicted octanol–water partition coefficient (Wildman–Crippen LogP) is 1.25.